The fourth-order valence-electron chi connectivity index (χ4n) is 2.05. The van der Waals surface area contributed by atoms with Crippen molar-refractivity contribution >= 4 is 11.6 Å². The number of aliphatic hydroxyl groups is 3. The first-order valence-electron chi connectivity index (χ1n) is 6.24. The largest absolute Gasteiger partial charge is 0.504 e. The van der Waals surface area contributed by atoms with Crippen LogP contribution >= 0.6 is 0 Å². The highest BCUT2D eigenvalue weighted by Gasteiger charge is 2.35. The molecular weight excluding hydrogens is 260 g/mol. The molecule has 1 aliphatic rings. The number of ketones is 2. The zero-order valence-electron chi connectivity index (χ0n) is 11.3. The second-order valence-corrected chi connectivity index (χ2v) is 5.40. The van der Waals surface area contributed by atoms with E-state index >= 15 is 0 Å². The van der Waals surface area contributed by atoms with Gasteiger partial charge in [-0.1, -0.05) is 24.3 Å². The van der Waals surface area contributed by atoms with Crippen LogP contribution in [-0.4, -0.2) is 38.6 Å². The molecule has 0 radical (unpaired) electrons. The molecule has 0 heterocycles. The van der Waals surface area contributed by atoms with E-state index in [1.807, 2.05) is 0 Å². The number of benzene rings is 1. The maximum absolute atomic E-state index is 12.3. The number of Topliss-reactive ketones (excluding diaryl/α,β-unsaturated/α-hetero) is 2. The summed E-state index contributed by atoms with van der Waals surface area (Å²) in [6, 6.07) is 6.19. The highest BCUT2D eigenvalue weighted by Crippen LogP contribution is 2.29. The predicted octanol–water partition coefficient (Wildman–Crippen LogP) is 1.40. The molecule has 1 aliphatic carbocycles. The summed E-state index contributed by atoms with van der Waals surface area (Å²) in [5.74, 6) is -1.80. The van der Waals surface area contributed by atoms with Gasteiger partial charge in [-0.05, 0) is 13.8 Å². The van der Waals surface area contributed by atoms with Crippen LogP contribution in [0.25, 0.3) is 0 Å². The zero-order valence-corrected chi connectivity index (χ0v) is 11.3. The second kappa shape index (κ2) is 4.85. The van der Waals surface area contributed by atoms with Gasteiger partial charge < -0.3 is 15.3 Å². The molecule has 5 nitrogen and oxygen atoms in total. The van der Waals surface area contributed by atoms with E-state index in [0.29, 0.717) is 0 Å². The lowest BCUT2D eigenvalue weighted by Gasteiger charge is -2.26. The number of hydrogen-bond donors (Lipinski definition) is 3. The molecule has 3 N–H and O–H groups in total. The van der Waals surface area contributed by atoms with Gasteiger partial charge in [0.05, 0.1) is 11.7 Å². The van der Waals surface area contributed by atoms with Crippen LogP contribution in [0, 0.1) is 0 Å². The summed E-state index contributed by atoms with van der Waals surface area (Å²) >= 11 is 0. The van der Waals surface area contributed by atoms with E-state index in [2.05, 4.69) is 0 Å². The average molecular weight is 276 g/mol. The Morgan fingerprint density at radius 2 is 1.60 bits per heavy atom. The molecule has 0 aromatic heterocycles. The van der Waals surface area contributed by atoms with Gasteiger partial charge in [-0.25, -0.2) is 0 Å². The van der Waals surface area contributed by atoms with Crippen LogP contribution < -0.4 is 0 Å². The summed E-state index contributed by atoms with van der Waals surface area (Å²) in [5, 5.41) is 29.4. The minimum atomic E-state index is -1.44. The molecular formula is C15H16O5. The van der Waals surface area contributed by atoms with Crippen molar-refractivity contribution < 1.29 is 24.9 Å². The maximum atomic E-state index is 12.3. The molecule has 1 aromatic carbocycles. The van der Waals surface area contributed by atoms with Crippen molar-refractivity contribution in [1.82, 2.24) is 0 Å². The summed E-state index contributed by atoms with van der Waals surface area (Å²) in [7, 11) is 0. The van der Waals surface area contributed by atoms with Crippen molar-refractivity contribution in [3.05, 3.63) is 46.7 Å². The Bertz CT molecular complexity index is 607. The van der Waals surface area contributed by atoms with Gasteiger partial charge in [0.15, 0.2) is 11.5 Å². The Kier molecular flexibility index (Phi) is 3.50. The monoisotopic (exact) mass is 276 g/mol. The lowest BCUT2D eigenvalue weighted by molar-refractivity contribution is -0.0470. The first kappa shape index (κ1) is 14.4. The van der Waals surface area contributed by atoms with Gasteiger partial charge in [0.1, 0.15) is 0 Å². The number of carbonyl (C=O) groups is 2. The average Bonchev–Trinajstić information content (AvgIpc) is 2.39. The Hall–Kier alpha value is -1.98. The highest BCUT2D eigenvalue weighted by atomic mass is 16.3. The molecule has 0 spiro atoms. The SMILES string of the molecule is CC(C)(O)C(O)CC1=C(O)C(=O)c2ccccc2C1=O. The smallest absolute Gasteiger partial charge is 0.228 e. The van der Waals surface area contributed by atoms with Gasteiger partial charge in [0.2, 0.25) is 5.78 Å². The molecule has 5 heteroatoms. The van der Waals surface area contributed by atoms with E-state index < -0.39 is 29.0 Å². The molecule has 2 rings (SSSR count). The van der Waals surface area contributed by atoms with Crippen LogP contribution in [0.4, 0.5) is 0 Å². The van der Waals surface area contributed by atoms with Crippen LogP contribution in [0.1, 0.15) is 41.0 Å². The topological polar surface area (TPSA) is 94.8 Å². The fraction of sp³-hybridized carbons (Fsp3) is 0.333. The lowest BCUT2D eigenvalue weighted by atomic mass is 9.83. The molecule has 0 bridgehead atoms. The minimum Gasteiger partial charge on any atom is -0.504 e. The molecule has 1 aromatic rings. The van der Waals surface area contributed by atoms with E-state index in [1.54, 1.807) is 12.1 Å². The summed E-state index contributed by atoms with van der Waals surface area (Å²) in [4.78, 5) is 24.3. The maximum Gasteiger partial charge on any atom is 0.228 e. The number of aliphatic hydroxyl groups excluding tert-OH is 2. The number of hydrogen-bond acceptors (Lipinski definition) is 5. The van der Waals surface area contributed by atoms with Crippen LogP contribution in [0.15, 0.2) is 35.6 Å². The van der Waals surface area contributed by atoms with Crippen molar-refractivity contribution in [2.45, 2.75) is 32.0 Å². The van der Waals surface area contributed by atoms with Crippen molar-refractivity contribution in [3.8, 4) is 0 Å². The summed E-state index contributed by atoms with van der Waals surface area (Å²) < 4.78 is 0. The van der Waals surface area contributed by atoms with E-state index in [9.17, 15) is 24.9 Å². The van der Waals surface area contributed by atoms with Gasteiger partial charge in [-0.15, -0.1) is 0 Å². The third-order valence-corrected chi connectivity index (χ3v) is 3.40. The highest BCUT2D eigenvalue weighted by molar-refractivity contribution is 6.25. The molecule has 20 heavy (non-hydrogen) atoms. The zero-order chi connectivity index (χ0) is 15.1. The minimum absolute atomic E-state index is 0.150. The van der Waals surface area contributed by atoms with Crippen molar-refractivity contribution in [3.63, 3.8) is 0 Å². The molecule has 1 atom stereocenters. The number of rotatable bonds is 3. The summed E-state index contributed by atoms with van der Waals surface area (Å²) in [6.07, 6.45) is -1.55. The first-order valence-corrected chi connectivity index (χ1v) is 6.24. The van der Waals surface area contributed by atoms with Crippen LogP contribution in [0.5, 0.6) is 0 Å². The quantitative estimate of drug-likeness (QED) is 0.775. The van der Waals surface area contributed by atoms with Gasteiger partial charge >= 0.3 is 0 Å². The lowest BCUT2D eigenvalue weighted by Crippen LogP contribution is -2.37. The third-order valence-electron chi connectivity index (χ3n) is 3.40. The Morgan fingerprint density at radius 3 is 2.10 bits per heavy atom. The number of carbonyl (C=O) groups excluding carboxylic acids is 2. The third kappa shape index (κ3) is 2.37. The molecule has 1 unspecified atom stereocenters. The van der Waals surface area contributed by atoms with E-state index in [-0.39, 0.29) is 23.1 Å². The van der Waals surface area contributed by atoms with Gasteiger partial charge in [-0.3, -0.25) is 9.59 Å². The van der Waals surface area contributed by atoms with E-state index in [4.69, 9.17) is 0 Å². The second-order valence-electron chi connectivity index (χ2n) is 5.40. The van der Waals surface area contributed by atoms with Crippen LogP contribution in [0.2, 0.25) is 0 Å². The first-order chi connectivity index (χ1) is 9.23. The molecule has 106 valence electrons. The van der Waals surface area contributed by atoms with E-state index in [0.717, 1.165) is 0 Å². The van der Waals surface area contributed by atoms with Crippen molar-refractivity contribution in [2.75, 3.05) is 0 Å². The fourth-order valence-corrected chi connectivity index (χ4v) is 2.05. The molecule has 0 saturated heterocycles. The van der Waals surface area contributed by atoms with Gasteiger partial charge in [-0.2, -0.15) is 0 Å². The van der Waals surface area contributed by atoms with Crippen LogP contribution in [-0.2, 0) is 0 Å². The van der Waals surface area contributed by atoms with E-state index in [1.165, 1.54) is 26.0 Å². The van der Waals surface area contributed by atoms with Crippen molar-refractivity contribution in [1.29, 1.82) is 0 Å². The molecule has 0 aliphatic heterocycles. The Labute approximate surface area is 116 Å². The molecule has 0 amide bonds. The summed E-state index contributed by atoms with van der Waals surface area (Å²) in [5.41, 5.74) is -1.25. The standard InChI is InChI=1S/C15H16O5/c1-15(2,20)11(16)7-10-12(17)8-5-3-4-6-9(8)13(18)14(10)19/h3-6,11,16,19-20H,7H2,1-2H3. The number of allylic oxidation sites excluding steroid dienone is 1. The van der Waals surface area contributed by atoms with Gasteiger partial charge in [0.25, 0.3) is 0 Å². The number of fused-ring (bicyclic) bond motifs is 1. The Balaban J connectivity index is 2.42. The van der Waals surface area contributed by atoms with Crippen molar-refractivity contribution in [2.24, 2.45) is 0 Å². The van der Waals surface area contributed by atoms with Gasteiger partial charge in [0, 0.05) is 23.1 Å². The molecule has 0 fully saturated rings. The van der Waals surface area contributed by atoms with Crippen LogP contribution in [0.3, 0.4) is 0 Å². The summed E-state index contributed by atoms with van der Waals surface area (Å²) in [6.45, 7) is 2.77. The molecule has 0 saturated carbocycles. The Morgan fingerprint density at radius 1 is 1.10 bits per heavy atom. The predicted molar refractivity (Wildman–Crippen MR) is 71.7 cm³/mol. The normalized spacial score (nSPS) is 17.2.